The highest BCUT2D eigenvalue weighted by Crippen LogP contribution is 2.42. The Bertz CT molecular complexity index is 853. The van der Waals surface area contributed by atoms with E-state index in [0.717, 1.165) is 10.2 Å². The third kappa shape index (κ3) is 3.25. The molecule has 3 saturated heterocycles. The number of thiazole rings is 1. The van der Waals surface area contributed by atoms with Crippen LogP contribution in [0.1, 0.15) is 20.8 Å². The van der Waals surface area contributed by atoms with E-state index in [1.807, 2.05) is 45.0 Å². The van der Waals surface area contributed by atoms with Crippen molar-refractivity contribution < 1.29 is 27.9 Å². The van der Waals surface area contributed by atoms with Crippen molar-refractivity contribution in [1.82, 2.24) is 4.98 Å². The topological polar surface area (TPSA) is 76.1 Å². The minimum absolute atomic E-state index is 0.265. The molecule has 0 N–H and O–H groups in total. The molecule has 0 aliphatic carbocycles. The van der Waals surface area contributed by atoms with Crippen LogP contribution in [0.2, 0.25) is 0 Å². The van der Waals surface area contributed by atoms with Crippen molar-refractivity contribution in [2.24, 2.45) is 0 Å². The van der Waals surface area contributed by atoms with Crippen molar-refractivity contribution in [1.29, 1.82) is 0 Å². The predicted octanol–water partition coefficient (Wildman–Crippen LogP) is 2.41. The highest BCUT2D eigenvalue weighted by Gasteiger charge is 2.59. The molecule has 0 saturated carbocycles. The smallest absolute Gasteiger partial charge is 0.190 e. The number of hydrogen-bond donors (Lipinski definition) is 0. The molecule has 0 bridgehead atoms. The largest absolute Gasteiger partial charge is 0.343 e. The Morgan fingerprint density at radius 2 is 1.89 bits per heavy atom. The van der Waals surface area contributed by atoms with Crippen LogP contribution in [0.3, 0.4) is 0 Å². The molecule has 1 aromatic heterocycles. The zero-order chi connectivity index (χ0) is 18.8. The van der Waals surface area contributed by atoms with Crippen LogP contribution in [0.4, 0.5) is 0 Å². The second kappa shape index (κ2) is 6.55. The van der Waals surface area contributed by atoms with Gasteiger partial charge in [-0.3, -0.25) is 4.21 Å². The Kier molecular flexibility index (Phi) is 4.39. The summed E-state index contributed by atoms with van der Waals surface area (Å²) in [5, 5.41) is 0. The lowest BCUT2D eigenvalue weighted by molar-refractivity contribution is -0.216. The van der Waals surface area contributed by atoms with Crippen molar-refractivity contribution in [3.05, 3.63) is 24.3 Å². The minimum atomic E-state index is -1.31. The number of nitrogens with zero attached hydrogens (tertiary/aromatic N) is 1. The molecule has 5 rings (SSSR count). The Labute approximate surface area is 163 Å². The Balaban J connectivity index is 1.39. The fourth-order valence-corrected chi connectivity index (χ4v) is 6.29. The van der Waals surface area contributed by atoms with Crippen LogP contribution in [0.15, 0.2) is 28.6 Å². The summed E-state index contributed by atoms with van der Waals surface area (Å²) in [6, 6.07) is 7.78. The second-order valence-corrected chi connectivity index (χ2v) is 10.1. The fourth-order valence-electron chi connectivity index (χ4n) is 3.84. The molecule has 3 aliphatic heterocycles. The second-order valence-electron chi connectivity index (χ2n) is 7.37. The van der Waals surface area contributed by atoms with Gasteiger partial charge in [0.05, 0.1) is 26.8 Å². The SMILES string of the molecule is C[C@H]1O[C@H]2O[C@H](CS(=O)c3nc4ccccc4s3)[C@@H]3OC(C)(C)O[C@@H]3[C@H]2O1. The van der Waals surface area contributed by atoms with E-state index in [4.69, 9.17) is 23.7 Å². The Hall–Kier alpha value is -0.940. The van der Waals surface area contributed by atoms with Crippen LogP contribution >= 0.6 is 11.3 Å². The van der Waals surface area contributed by atoms with Crippen LogP contribution in [0.5, 0.6) is 0 Å². The van der Waals surface area contributed by atoms with Crippen LogP contribution in [0, 0.1) is 0 Å². The van der Waals surface area contributed by atoms with E-state index in [2.05, 4.69) is 4.98 Å². The van der Waals surface area contributed by atoms with Crippen molar-refractivity contribution in [2.45, 2.75) is 67.9 Å². The number of para-hydroxylation sites is 1. The van der Waals surface area contributed by atoms with Gasteiger partial charge in [-0.05, 0) is 32.9 Å². The molecule has 7 atom stereocenters. The third-order valence-corrected chi connectivity index (χ3v) is 7.64. The lowest BCUT2D eigenvalue weighted by Gasteiger charge is -2.37. The number of benzene rings is 1. The van der Waals surface area contributed by atoms with Gasteiger partial charge in [-0.1, -0.05) is 12.1 Å². The molecule has 4 heterocycles. The van der Waals surface area contributed by atoms with Gasteiger partial charge in [-0.2, -0.15) is 0 Å². The van der Waals surface area contributed by atoms with Crippen molar-refractivity contribution in [2.75, 3.05) is 5.75 Å². The number of hydrogen-bond acceptors (Lipinski definition) is 8. The summed E-state index contributed by atoms with van der Waals surface area (Å²) >= 11 is 1.44. The van der Waals surface area contributed by atoms with Crippen LogP contribution in [-0.4, -0.2) is 57.7 Å². The normalized spacial score (nSPS) is 38.6. The maximum absolute atomic E-state index is 13.0. The number of ether oxygens (including phenoxy) is 5. The van der Waals surface area contributed by atoms with Gasteiger partial charge in [0.2, 0.25) is 0 Å². The van der Waals surface area contributed by atoms with Gasteiger partial charge in [0.25, 0.3) is 0 Å². The average Bonchev–Trinajstić information content (AvgIpc) is 3.28. The van der Waals surface area contributed by atoms with Crippen LogP contribution in [-0.2, 0) is 34.5 Å². The first kappa shape index (κ1) is 18.1. The quantitative estimate of drug-likeness (QED) is 0.768. The summed E-state index contributed by atoms with van der Waals surface area (Å²) in [6.07, 6.45) is -2.38. The first-order chi connectivity index (χ1) is 12.9. The first-order valence-electron chi connectivity index (χ1n) is 8.96. The summed E-state index contributed by atoms with van der Waals surface area (Å²) in [5.41, 5.74) is 0.858. The summed E-state index contributed by atoms with van der Waals surface area (Å²) in [4.78, 5) is 4.51. The summed E-state index contributed by atoms with van der Waals surface area (Å²) < 4.78 is 44.4. The van der Waals surface area contributed by atoms with Gasteiger partial charge in [0.15, 0.2) is 22.7 Å². The highest BCUT2D eigenvalue weighted by molar-refractivity contribution is 7.87. The Morgan fingerprint density at radius 1 is 1.11 bits per heavy atom. The maximum atomic E-state index is 13.0. The molecule has 3 fully saturated rings. The van der Waals surface area contributed by atoms with Gasteiger partial charge < -0.3 is 23.7 Å². The summed E-state index contributed by atoms with van der Waals surface area (Å²) in [6.45, 7) is 5.55. The van der Waals surface area contributed by atoms with Crippen LogP contribution < -0.4 is 0 Å². The highest BCUT2D eigenvalue weighted by atomic mass is 32.2. The molecule has 3 aliphatic rings. The van der Waals surface area contributed by atoms with Gasteiger partial charge in [0, 0.05) is 0 Å². The molecular formula is C18H21NO6S2. The van der Waals surface area contributed by atoms with E-state index in [1.165, 1.54) is 11.3 Å². The monoisotopic (exact) mass is 411 g/mol. The molecule has 1 unspecified atom stereocenters. The fraction of sp³-hybridized carbons (Fsp3) is 0.611. The maximum Gasteiger partial charge on any atom is 0.190 e. The lowest BCUT2D eigenvalue weighted by atomic mass is 10.0. The molecule has 146 valence electrons. The molecule has 9 heteroatoms. The number of fused-ring (bicyclic) bond motifs is 4. The molecule has 27 heavy (non-hydrogen) atoms. The molecule has 1 aromatic carbocycles. The van der Waals surface area contributed by atoms with E-state index < -0.39 is 29.0 Å². The minimum Gasteiger partial charge on any atom is -0.343 e. The lowest BCUT2D eigenvalue weighted by Crippen LogP contribution is -2.56. The van der Waals surface area contributed by atoms with E-state index in [-0.39, 0.29) is 30.4 Å². The molecule has 2 aromatic rings. The zero-order valence-corrected chi connectivity index (χ0v) is 16.8. The molecular weight excluding hydrogens is 390 g/mol. The standard InChI is InChI=1S/C18H21NO6S2/c1-9-21-15-14-13(24-18(2,3)25-14)11(23-16(15)22-9)8-27(20)17-19-10-6-4-5-7-12(10)26-17/h4-7,9,11,13-16H,8H2,1-3H3/t9-,11-,13+,14+,15-,16+,27?/m1/s1. The van der Waals surface area contributed by atoms with Crippen molar-refractivity contribution in [3.8, 4) is 0 Å². The van der Waals surface area contributed by atoms with Crippen molar-refractivity contribution >= 4 is 32.4 Å². The van der Waals surface area contributed by atoms with Gasteiger partial charge in [-0.15, -0.1) is 11.3 Å². The van der Waals surface area contributed by atoms with Crippen LogP contribution in [0.25, 0.3) is 10.2 Å². The Morgan fingerprint density at radius 3 is 2.70 bits per heavy atom. The van der Waals surface area contributed by atoms with Gasteiger partial charge >= 0.3 is 0 Å². The molecule has 0 amide bonds. The molecule has 7 nitrogen and oxygen atoms in total. The molecule has 0 spiro atoms. The van der Waals surface area contributed by atoms with Gasteiger partial charge in [0.1, 0.15) is 24.4 Å². The van der Waals surface area contributed by atoms with E-state index >= 15 is 0 Å². The number of aromatic nitrogens is 1. The third-order valence-electron chi connectivity index (χ3n) is 4.89. The van der Waals surface area contributed by atoms with Crippen molar-refractivity contribution in [3.63, 3.8) is 0 Å². The zero-order valence-electron chi connectivity index (χ0n) is 15.2. The van der Waals surface area contributed by atoms with E-state index in [1.54, 1.807) is 0 Å². The predicted molar refractivity (Wildman–Crippen MR) is 98.8 cm³/mol. The summed E-state index contributed by atoms with van der Waals surface area (Å²) in [5.74, 6) is -0.486. The summed E-state index contributed by atoms with van der Waals surface area (Å²) in [7, 11) is -1.31. The van der Waals surface area contributed by atoms with E-state index in [9.17, 15) is 4.21 Å². The van der Waals surface area contributed by atoms with E-state index in [0.29, 0.717) is 4.34 Å². The molecule has 0 radical (unpaired) electrons. The van der Waals surface area contributed by atoms with Gasteiger partial charge in [-0.25, -0.2) is 4.98 Å². The number of rotatable bonds is 3. The first-order valence-corrected chi connectivity index (χ1v) is 11.1. The average molecular weight is 412 g/mol.